The van der Waals surface area contributed by atoms with Crippen LogP contribution in [-0.4, -0.2) is 25.4 Å². The summed E-state index contributed by atoms with van der Waals surface area (Å²) in [7, 11) is 1.66. The molecule has 0 amide bonds. The molecule has 2 rings (SSSR count). The third-order valence-electron chi connectivity index (χ3n) is 3.86. The van der Waals surface area contributed by atoms with Crippen molar-refractivity contribution in [3.63, 3.8) is 0 Å². The van der Waals surface area contributed by atoms with Crippen LogP contribution >= 0.6 is 12.2 Å². The first-order valence-corrected chi connectivity index (χ1v) is 8.91. The molecule has 0 bridgehead atoms. The maximum atomic E-state index is 5.85. The molecule has 0 unspecified atom stereocenters. The van der Waals surface area contributed by atoms with E-state index in [9.17, 15) is 0 Å². The SMILES string of the molecule is COc1ccc(CNC(=S)NCCCO[C@@H](C)c2ccccc2)cc1. The summed E-state index contributed by atoms with van der Waals surface area (Å²) in [6.45, 7) is 4.25. The third-order valence-corrected chi connectivity index (χ3v) is 4.14. The number of hydrogen-bond donors (Lipinski definition) is 2. The Labute approximate surface area is 155 Å². The summed E-state index contributed by atoms with van der Waals surface area (Å²) in [4.78, 5) is 0. The van der Waals surface area contributed by atoms with Crippen molar-refractivity contribution in [3.05, 3.63) is 65.7 Å². The fourth-order valence-electron chi connectivity index (χ4n) is 2.34. The summed E-state index contributed by atoms with van der Waals surface area (Å²) in [6.07, 6.45) is 1.02. The predicted molar refractivity (Wildman–Crippen MR) is 106 cm³/mol. The smallest absolute Gasteiger partial charge is 0.166 e. The molecule has 0 saturated heterocycles. The molecule has 0 aliphatic heterocycles. The van der Waals surface area contributed by atoms with Gasteiger partial charge in [0.15, 0.2) is 5.11 Å². The zero-order valence-corrected chi connectivity index (χ0v) is 15.6. The van der Waals surface area contributed by atoms with Gasteiger partial charge in [0, 0.05) is 19.7 Å². The molecular weight excluding hydrogens is 332 g/mol. The highest BCUT2D eigenvalue weighted by atomic mass is 32.1. The summed E-state index contributed by atoms with van der Waals surface area (Å²) < 4.78 is 11.0. The van der Waals surface area contributed by atoms with Crippen LogP contribution in [0.4, 0.5) is 0 Å². The zero-order chi connectivity index (χ0) is 17.9. The summed E-state index contributed by atoms with van der Waals surface area (Å²) in [5, 5.41) is 7.06. The second kappa shape index (κ2) is 10.7. The van der Waals surface area contributed by atoms with E-state index in [-0.39, 0.29) is 6.10 Å². The van der Waals surface area contributed by atoms with Crippen molar-refractivity contribution < 1.29 is 9.47 Å². The second-order valence-corrected chi connectivity index (χ2v) is 6.14. The lowest BCUT2D eigenvalue weighted by molar-refractivity contribution is 0.0646. The first-order chi connectivity index (χ1) is 12.2. The summed E-state index contributed by atoms with van der Waals surface area (Å²) in [5.74, 6) is 0.856. The molecule has 1 atom stereocenters. The molecule has 0 aliphatic rings. The van der Waals surface area contributed by atoms with Gasteiger partial charge < -0.3 is 20.1 Å². The van der Waals surface area contributed by atoms with E-state index in [1.165, 1.54) is 5.56 Å². The molecule has 0 heterocycles. The second-order valence-electron chi connectivity index (χ2n) is 5.73. The van der Waals surface area contributed by atoms with Crippen molar-refractivity contribution in [2.24, 2.45) is 0 Å². The number of ether oxygens (including phenoxy) is 2. The minimum Gasteiger partial charge on any atom is -0.497 e. The van der Waals surface area contributed by atoms with Crippen LogP contribution in [0, 0.1) is 0 Å². The van der Waals surface area contributed by atoms with Crippen molar-refractivity contribution >= 4 is 17.3 Å². The van der Waals surface area contributed by atoms with Gasteiger partial charge in [-0.15, -0.1) is 0 Å². The normalized spacial score (nSPS) is 11.6. The van der Waals surface area contributed by atoms with E-state index in [4.69, 9.17) is 21.7 Å². The van der Waals surface area contributed by atoms with E-state index in [1.54, 1.807) is 7.11 Å². The average Bonchev–Trinajstić information content (AvgIpc) is 2.67. The van der Waals surface area contributed by atoms with Crippen LogP contribution in [0.15, 0.2) is 54.6 Å². The molecule has 2 N–H and O–H groups in total. The van der Waals surface area contributed by atoms with Crippen molar-refractivity contribution in [3.8, 4) is 5.75 Å². The fourth-order valence-corrected chi connectivity index (χ4v) is 2.52. The molecule has 4 nitrogen and oxygen atoms in total. The number of thiocarbonyl (C=S) groups is 1. The first-order valence-electron chi connectivity index (χ1n) is 8.50. The van der Waals surface area contributed by atoms with Crippen LogP contribution in [-0.2, 0) is 11.3 Å². The summed E-state index contributed by atoms with van der Waals surface area (Å²) >= 11 is 5.29. The van der Waals surface area contributed by atoms with E-state index < -0.39 is 0 Å². The van der Waals surface area contributed by atoms with Gasteiger partial charge in [-0.25, -0.2) is 0 Å². The number of methoxy groups -OCH3 is 1. The Hall–Kier alpha value is -2.11. The Balaban J connectivity index is 1.56. The molecular formula is C20H26N2O2S. The van der Waals surface area contributed by atoms with E-state index in [1.807, 2.05) is 42.5 Å². The largest absolute Gasteiger partial charge is 0.497 e. The zero-order valence-electron chi connectivity index (χ0n) is 14.8. The Morgan fingerprint density at radius 1 is 1.04 bits per heavy atom. The van der Waals surface area contributed by atoms with E-state index in [0.29, 0.717) is 18.3 Å². The van der Waals surface area contributed by atoms with Gasteiger partial charge in [0.1, 0.15) is 5.75 Å². The fraction of sp³-hybridized carbons (Fsp3) is 0.350. The van der Waals surface area contributed by atoms with Crippen molar-refractivity contribution in [2.45, 2.75) is 26.0 Å². The lowest BCUT2D eigenvalue weighted by Gasteiger charge is -2.14. The van der Waals surface area contributed by atoms with E-state index >= 15 is 0 Å². The molecule has 0 aromatic heterocycles. The molecule has 134 valence electrons. The standard InChI is InChI=1S/C20H26N2O2S/c1-16(18-7-4-3-5-8-18)24-14-6-13-21-20(25)22-15-17-9-11-19(23-2)12-10-17/h3-5,7-12,16H,6,13-15H2,1-2H3,(H2,21,22,25)/t16-/m0/s1. The van der Waals surface area contributed by atoms with Crippen LogP contribution in [0.1, 0.15) is 30.6 Å². The lowest BCUT2D eigenvalue weighted by atomic mass is 10.1. The van der Waals surface area contributed by atoms with Gasteiger partial charge in [0.2, 0.25) is 0 Å². The maximum absolute atomic E-state index is 5.85. The molecule has 5 heteroatoms. The van der Waals surface area contributed by atoms with E-state index in [0.717, 1.165) is 24.3 Å². The van der Waals surface area contributed by atoms with Crippen LogP contribution in [0.2, 0.25) is 0 Å². The minimum absolute atomic E-state index is 0.112. The summed E-state index contributed by atoms with van der Waals surface area (Å²) in [6, 6.07) is 18.2. The van der Waals surface area contributed by atoms with Crippen LogP contribution in [0.5, 0.6) is 5.75 Å². The van der Waals surface area contributed by atoms with Gasteiger partial charge in [-0.2, -0.15) is 0 Å². The molecule has 0 spiro atoms. The highest BCUT2D eigenvalue weighted by molar-refractivity contribution is 7.80. The Morgan fingerprint density at radius 3 is 2.44 bits per heavy atom. The summed E-state index contributed by atoms with van der Waals surface area (Å²) in [5.41, 5.74) is 2.36. The Kier molecular flexibility index (Phi) is 8.22. The maximum Gasteiger partial charge on any atom is 0.166 e. The van der Waals surface area contributed by atoms with Gasteiger partial charge in [-0.05, 0) is 48.8 Å². The Bertz CT molecular complexity index is 632. The third kappa shape index (κ3) is 7.11. The monoisotopic (exact) mass is 358 g/mol. The van der Waals surface area contributed by atoms with E-state index in [2.05, 4.69) is 29.7 Å². The number of rotatable bonds is 9. The highest BCUT2D eigenvalue weighted by Gasteiger charge is 2.04. The van der Waals surface area contributed by atoms with Crippen LogP contribution in [0.3, 0.4) is 0 Å². The molecule has 25 heavy (non-hydrogen) atoms. The van der Waals surface area contributed by atoms with Gasteiger partial charge in [0.05, 0.1) is 13.2 Å². The number of hydrogen-bond acceptors (Lipinski definition) is 3. The van der Waals surface area contributed by atoms with Crippen LogP contribution in [0.25, 0.3) is 0 Å². The van der Waals surface area contributed by atoms with Crippen LogP contribution < -0.4 is 15.4 Å². The molecule has 0 saturated carbocycles. The molecule has 0 fully saturated rings. The van der Waals surface area contributed by atoms with Gasteiger partial charge in [-0.1, -0.05) is 42.5 Å². The topological polar surface area (TPSA) is 42.5 Å². The molecule has 2 aromatic carbocycles. The molecule has 0 radical (unpaired) electrons. The van der Waals surface area contributed by atoms with Gasteiger partial charge in [-0.3, -0.25) is 0 Å². The van der Waals surface area contributed by atoms with Gasteiger partial charge >= 0.3 is 0 Å². The van der Waals surface area contributed by atoms with Crippen molar-refractivity contribution in [1.82, 2.24) is 10.6 Å². The molecule has 0 aliphatic carbocycles. The van der Waals surface area contributed by atoms with Gasteiger partial charge in [0.25, 0.3) is 0 Å². The first kappa shape index (κ1) is 19.2. The van der Waals surface area contributed by atoms with Crippen molar-refractivity contribution in [1.29, 1.82) is 0 Å². The Morgan fingerprint density at radius 2 is 1.76 bits per heavy atom. The predicted octanol–water partition coefficient (Wildman–Crippen LogP) is 3.83. The minimum atomic E-state index is 0.112. The lowest BCUT2D eigenvalue weighted by Crippen LogP contribution is -2.35. The average molecular weight is 359 g/mol. The molecule has 2 aromatic rings. The number of nitrogens with one attached hydrogen (secondary N) is 2. The van der Waals surface area contributed by atoms with Crippen molar-refractivity contribution in [2.75, 3.05) is 20.3 Å². The quantitative estimate of drug-likeness (QED) is 0.527. The number of benzene rings is 2. The highest BCUT2D eigenvalue weighted by Crippen LogP contribution is 2.15.